The molecular formula is C22H25NO4S. The predicted molar refractivity (Wildman–Crippen MR) is 110 cm³/mol. The lowest BCUT2D eigenvalue weighted by Gasteiger charge is -2.22. The van der Waals surface area contributed by atoms with Gasteiger partial charge in [-0.15, -0.1) is 0 Å². The van der Waals surface area contributed by atoms with E-state index < -0.39 is 12.1 Å². The Labute approximate surface area is 170 Å². The number of benzene rings is 2. The van der Waals surface area contributed by atoms with Gasteiger partial charge < -0.3 is 9.47 Å². The van der Waals surface area contributed by atoms with Crippen molar-refractivity contribution >= 4 is 23.8 Å². The van der Waals surface area contributed by atoms with Gasteiger partial charge in [0.05, 0.1) is 6.61 Å². The normalized spacial score (nSPS) is 18.7. The van der Waals surface area contributed by atoms with Crippen LogP contribution in [0.1, 0.15) is 24.5 Å². The number of likely N-dealkylation sites (tertiary alicyclic amines) is 1. The van der Waals surface area contributed by atoms with E-state index in [-0.39, 0.29) is 17.8 Å². The number of hydrogen-bond donors (Lipinski definition) is 0. The van der Waals surface area contributed by atoms with Crippen molar-refractivity contribution in [3.63, 3.8) is 0 Å². The minimum absolute atomic E-state index is 0.166. The molecule has 1 aliphatic rings. The Hall–Kier alpha value is -2.47. The first kappa shape index (κ1) is 20.3. The molecule has 1 amide bonds. The van der Waals surface area contributed by atoms with Crippen molar-refractivity contribution in [1.82, 2.24) is 4.90 Å². The molecule has 1 saturated heterocycles. The molecular weight excluding hydrogens is 374 g/mol. The van der Waals surface area contributed by atoms with Crippen molar-refractivity contribution < 1.29 is 19.1 Å². The van der Waals surface area contributed by atoms with Gasteiger partial charge in [0, 0.05) is 17.5 Å². The van der Waals surface area contributed by atoms with Crippen LogP contribution in [0.15, 0.2) is 60.7 Å². The molecule has 5 nitrogen and oxygen atoms in total. The van der Waals surface area contributed by atoms with Gasteiger partial charge in [-0.05, 0) is 24.5 Å². The van der Waals surface area contributed by atoms with Crippen LogP contribution in [0.25, 0.3) is 0 Å². The summed E-state index contributed by atoms with van der Waals surface area (Å²) in [7, 11) is 0. The summed E-state index contributed by atoms with van der Waals surface area (Å²) in [6.07, 6.45) is 0.112. The second-order valence-corrected chi connectivity index (χ2v) is 7.90. The van der Waals surface area contributed by atoms with Crippen LogP contribution in [0.5, 0.6) is 0 Å². The van der Waals surface area contributed by atoms with Gasteiger partial charge >= 0.3 is 12.1 Å². The lowest BCUT2D eigenvalue weighted by atomic mass is 10.2. The first-order chi connectivity index (χ1) is 13.7. The molecule has 1 heterocycles. The first-order valence-electron chi connectivity index (χ1n) is 9.47. The summed E-state index contributed by atoms with van der Waals surface area (Å²) < 4.78 is 10.6. The molecule has 0 aliphatic carbocycles. The predicted octanol–water partition coefficient (Wildman–Crippen LogP) is 4.26. The van der Waals surface area contributed by atoms with Gasteiger partial charge in [-0.25, -0.2) is 9.59 Å². The number of nitrogens with zero attached hydrogens (tertiary/aromatic N) is 1. The molecule has 0 N–H and O–H groups in total. The monoisotopic (exact) mass is 399 g/mol. The van der Waals surface area contributed by atoms with E-state index in [0.29, 0.717) is 19.6 Å². The third-order valence-electron chi connectivity index (χ3n) is 4.59. The molecule has 0 spiro atoms. The van der Waals surface area contributed by atoms with Crippen molar-refractivity contribution in [2.75, 3.05) is 13.2 Å². The van der Waals surface area contributed by atoms with E-state index in [2.05, 4.69) is 12.1 Å². The highest BCUT2D eigenvalue weighted by molar-refractivity contribution is 7.99. The quantitative estimate of drug-likeness (QED) is 0.651. The summed E-state index contributed by atoms with van der Waals surface area (Å²) in [5, 5.41) is 0.166. The van der Waals surface area contributed by atoms with Crippen molar-refractivity contribution in [3.05, 3.63) is 71.8 Å². The third-order valence-corrected chi connectivity index (χ3v) is 5.90. The molecule has 0 radical (unpaired) electrons. The largest absolute Gasteiger partial charge is 0.464 e. The van der Waals surface area contributed by atoms with Crippen molar-refractivity contribution in [3.8, 4) is 0 Å². The molecule has 28 heavy (non-hydrogen) atoms. The van der Waals surface area contributed by atoms with Crippen LogP contribution in [0.4, 0.5) is 4.79 Å². The average Bonchev–Trinajstić information content (AvgIpc) is 3.17. The van der Waals surface area contributed by atoms with Gasteiger partial charge in [0.1, 0.15) is 12.6 Å². The Bertz CT molecular complexity index is 769. The van der Waals surface area contributed by atoms with Gasteiger partial charge in [0.2, 0.25) is 0 Å². The van der Waals surface area contributed by atoms with Gasteiger partial charge in [-0.2, -0.15) is 11.8 Å². The van der Waals surface area contributed by atoms with Crippen LogP contribution in [-0.2, 0) is 26.6 Å². The van der Waals surface area contributed by atoms with Crippen LogP contribution in [0.2, 0.25) is 0 Å². The Morgan fingerprint density at radius 3 is 2.29 bits per heavy atom. The van der Waals surface area contributed by atoms with Crippen LogP contribution >= 0.6 is 11.8 Å². The number of carbonyl (C=O) groups is 2. The maximum Gasteiger partial charge on any atom is 0.410 e. The number of esters is 1. The molecule has 0 bridgehead atoms. The molecule has 1 fully saturated rings. The van der Waals surface area contributed by atoms with Crippen molar-refractivity contribution in [2.24, 2.45) is 0 Å². The Morgan fingerprint density at radius 2 is 1.64 bits per heavy atom. The molecule has 2 atom stereocenters. The minimum atomic E-state index is -0.587. The second-order valence-electron chi connectivity index (χ2n) is 6.61. The number of hydrogen-bond acceptors (Lipinski definition) is 5. The summed E-state index contributed by atoms with van der Waals surface area (Å²) in [4.78, 5) is 26.5. The summed E-state index contributed by atoms with van der Waals surface area (Å²) in [6, 6.07) is 19.1. The molecule has 2 aromatic rings. The second kappa shape index (κ2) is 10.2. The fourth-order valence-corrected chi connectivity index (χ4v) is 4.38. The first-order valence-corrected chi connectivity index (χ1v) is 10.5. The number of ether oxygens (including phenoxy) is 2. The van der Waals surface area contributed by atoms with E-state index in [4.69, 9.17) is 9.47 Å². The number of amides is 1. The highest BCUT2D eigenvalue weighted by Crippen LogP contribution is 2.31. The molecule has 0 saturated carbocycles. The number of carbonyl (C=O) groups excluding carboxylic acids is 2. The number of thioether (sulfide) groups is 1. The van der Waals surface area contributed by atoms with Crippen molar-refractivity contribution in [1.29, 1.82) is 0 Å². The highest BCUT2D eigenvalue weighted by atomic mass is 32.2. The van der Waals surface area contributed by atoms with Gasteiger partial charge in [-0.1, -0.05) is 60.7 Å². The van der Waals surface area contributed by atoms with E-state index >= 15 is 0 Å². The molecule has 0 unspecified atom stereocenters. The molecule has 148 valence electrons. The molecule has 3 rings (SSSR count). The Balaban J connectivity index is 1.60. The van der Waals surface area contributed by atoms with E-state index in [0.717, 1.165) is 11.3 Å². The fraction of sp³-hybridized carbons (Fsp3) is 0.364. The summed E-state index contributed by atoms with van der Waals surface area (Å²) in [6.45, 7) is 2.73. The van der Waals surface area contributed by atoms with Crippen LogP contribution in [-0.4, -0.2) is 41.4 Å². The number of rotatable bonds is 7. The molecule has 1 aliphatic heterocycles. The van der Waals surface area contributed by atoms with Crippen LogP contribution in [0, 0.1) is 0 Å². The minimum Gasteiger partial charge on any atom is -0.464 e. The Kier molecular flexibility index (Phi) is 7.37. The van der Waals surface area contributed by atoms with E-state index in [1.807, 2.05) is 48.5 Å². The SMILES string of the molecule is CCOC(=O)[C@@H]1C[C@H](SCc2ccccc2)CN1C(=O)OCc1ccccc1. The van der Waals surface area contributed by atoms with Gasteiger partial charge in [0.15, 0.2) is 0 Å². The zero-order chi connectivity index (χ0) is 19.8. The van der Waals surface area contributed by atoms with Gasteiger partial charge in [0.25, 0.3) is 0 Å². The van der Waals surface area contributed by atoms with Crippen LogP contribution < -0.4 is 0 Å². The zero-order valence-corrected chi connectivity index (χ0v) is 16.8. The molecule has 2 aromatic carbocycles. The van der Waals surface area contributed by atoms with Gasteiger partial charge in [-0.3, -0.25) is 4.90 Å². The summed E-state index contributed by atoms with van der Waals surface area (Å²) in [5.41, 5.74) is 2.14. The van der Waals surface area contributed by atoms with Crippen molar-refractivity contribution in [2.45, 2.75) is 37.0 Å². The standard InChI is InChI=1S/C22H25NO4S/c1-2-26-21(24)20-13-19(28-16-18-11-7-4-8-12-18)14-23(20)22(25)27-15-17-9-5-3-6-10-17/h3-12,19-20H,2,13-16H2,1H3/t19-,20-/m0/s1. The molecule has 0 aromatic heterocycles. The lowest BCUT2D eigenvalue weighted by Crippen LogP contribution is -2.41. The third kappa shape index (κ3) is 5.52. The summed E-state index contributed by atoms with van der Waals surface area (Å²) in [5.74, 6) is 0.482. The van der Waals surface area contributed by atoms with E-state index in [1.54, 1.807) is 18.7 Å². The highest BCUT2D eigenvalue weighted by Gasteiger charge is 2.41. The smallest absolute Gasteiger partial charge is 0.410 e. The maximum absolute atomic E-state index is 12.6. The lowest BCUT2D eigenvalue weighted by molar-refractivity contribution is -0.147. The average molecular weight is 400 g/mol. The van der Waals surface area contributed by atoms with E-state index in [9.17, 15) is 9.59 Å². The van der Waals surface area contributed by atoms with E-state index in [1.165, 1.54) is 10.5 Å². The zero-order valence-electron chi connectivity index (χ0n) is 16.0. The Morgan fingerprint density at radius 1 is 1.00 bits per heavy atom. The fourth-order valence-electron chi connectivity index (χ4n) is 3.17. The summed E-state index contributed by atoms with van der Waals surface area (Å²) >= 11 is 1.75. The maximum atomic E-state index is 12.6. The topological polar surface area (TPSA) is 55.8 Å². The molecule has 6 heteroatoms. The van der Waals surface area contributed by atoms with Crippen LogP contribution in [0.3, 0.4) is 0 Å².